The molecule has 63 heavy (non-hydrogen) atoms. The van der Waals surface area contributed by atoms with Crippen LogP contribution in [0, 0.1) is 17.2 Å². The Morgan fingerprint density at radius 3 is 2.56 bits per heavy atom. The number of ether oxygens (including phenoxy) is 1. The lowest BCUT2D eigenvalue weighted by Gasteiger charge is -2.34. The van der Waals surface area contributed by atoms with Crippen molar-refractivity contribution in [2.45, 2.75) is 64.5 Å². The molecule has 332 valence electrons. The Balaban J connectivity index is 0.817. The van der Waals surface area contributed by atoms with Gasteiger partial charge in [-0.05, 0) is 101 Å². The average Bonchev–Trinajstić information content (AvgIpc) is 3.95. The van der Waals surface area contributed by atoms with Crippen LogP contribution in [-0.4, -0.2) is 120 Å². The Labute approximate surface area is 369 Å². The Morgan fingerprint density at radius 1 is 1.00 bits per heavy atom. The quantitative estimate of drug-likeness (QED) is 0.177. The number of nitrogens with one attached hydrogen (secondary N) is 3. The van der Waals surface area contributed by atoms with E-state index in [1.54, 1.807) is 16.8 Å². The predicted octanol–water partition coefficient (Wildman–Crippen LogP) is 4.73. The summed E-state index contributed by atoms with van der Waals surface area (Å²) in [6, 6.07) is 8.73. The standard InChI is InChI=1S/C45H52ClFN10O6/c1-26(2)56-33-7-6-30(17-28(33)18-36(42(56)61)63-23-37(58)48-3)51-39-32(46)21-50-44(52-39)54-13-8-27(9-14-54)22-53-15-10-45(24-53)11-16-55(25-45)35-20-29(47)19-31-38(35)43(62)57(41(31)60)34-5-4-12-49-40(34)59/h6-7,17-21,26-27,34H,4-5,8-16,22-25H2,1-3H3,(H,48,58)(H,49,59)(H,50,51,52). The molecule has 4 fully saturated rings. The highest BCUT2D eigenvalue weighted by Crippen LogP contribution is 2.44. The molecule has 16 nitrogen and oxygen atoms in total. The highest BCUT2D eigenvalue weighted by atomic mass is 35.5. The molecule has 9 rings (SSSR count). The lowest BCUT2D eigenvalue weighted by Crippen LogP contribution is -2.52. The molecule has 2 unspecified atom stereocenters. The number of carbonyl (C=O) groups excluding carboxylic acids is 4. The van der Waals surface area contributed by atoms with E-state index in [0.29, 0.717) is 66.6 Å². The molecule has 18 heteroatoms. The highest BCUT2D eigenvalue weighted by Gasteiger charge is 2.49. The first-order valence-electron chi connectivity index (χ1n) is 21.8. The zero-order valence-corrected chi connectivity index (χ0v) is 36.5. The summed E-state index contributed by atoms with van der Waals surface area (Å²) in [5.74, 6) is -0.764. The molecule has 1 spiro atoms. The van der Waals surface area contributed by atoms with Crippen molar-refractivity contribution >= 4 is 69.3 Å². The van der Waals surface area contributed by atoms with Crippen LogP contribution < -0.4 is 36.0 Å². The number of rotatable bonds is 11. The maximum atomic E-state index is 15.1. The van der Waals surface area contributed by atoms with Gasteiger partial charge in [-0.15, -0.1) is 0 Å². The number of piperidine rings is 2. The van der Waals surface area contributed by atoms with E-state index in [9.17, 15) is 24.0 Å². The number of likely N-dealkylation sites (N-methyl/N-ethyl adjacent to an activating group) is 1. The van der Waals surface area contributed by atoms with Gasteiger partial charge in [0.2, 0.25) is 11.9 Å². The van der Waals surface area contributed by atoms with Crippen LogP contribution in [0.4, 0.5) is 27.5 Å². The first-order chi connectivity index (χ1) is 30.3. The fourth-order valence-electron chi connectivity index (χ4n) is 10.2. The minimum atomic E-state index is -0.883. The van der Waals surface area contributed by atoms with Gasteiger partial charge in [-0.3, -0.25) is 28.9 Å². The number of hydrogen-bond acceptors (Lipinski definition) is 12. The normalized spacial score (nSPS) is 21.8. The molecule has 0 aliphatic carbocycles. The van der Waals surface area contributed by atoms with E-state index in [1.807, 2.05) is 32.0 Å². The molecular weight excluding hydrogens is 831 g/mol. The summed E-state index contributed by atoms with van der Waals surface area (Å²) in [6.07, 6.45) is 6.50. The summed E-state index contributed by atoms with van der Waals surface area (Å²) in [4.78, 5) is 82.3. The number of imide groups is 1. The van der Waals surface area contributed by atoms with Gasteiger partial charge in [0.1, 0.15) is 16.9 Å². The molecular formula is C45H52ClFN10O6. The van der Waals surface area contributed by atoms with Gasteiger partial charge in [-0.1, -0.05) is 11.6 Å². The minimum Gasteiger partial charge on any atom is -0.478 e. The summed E-state index contributed by atoms with van der Waals surface area (Å²) in [5, 5.41) is 9.70. The van der Waals surface area contributed by atoms with Crippen LogP contribution in [0.3, 0.4) is 0 Å². The molecule has 2 aromatic heterocycles. The topological polar surface area (TPSA) is 174 Å². The van der Waals surface area contributed by atoms with Gasteiger partial charge in [-0.2, -0.15) is 4.98 Å². The van der Waals surface area contributed by atoms with Gasteiger partial charge >= 0.3 is 0 Å². The number of carbonyl (C=O) groups is 4. The molecule has 5 aliphatic heterocycles. The molecule has 5 aliphatic rings. The van der Waals surface area contributed by atoms with Crippen LogP contribution in [0.2, 0.25) is 5.02 Å². The van der Waals surface area contributed by atoms with Crippen molar-refractivity contribution < 1.29 is 28.3 Å². The number of likely N-dealkylation sites (tertiary alicyclic amines) is 1. The third-order valence-corrected chi connectivity index (χ3v) is 13.7. The maximum absolute atomic E-state index is 15.1. The third kappa shape index (κ3) is 8.16. The SMILES string of the molecule is CNC(=O)COc1cc2cc(Nc3nc(N4CCC(CN5CCC6(CCN(c7cc(F)cc8c7C(=O)N(C7CCCNC7=O)C8=O)C6)C5)CC4)ncc3Cl)ccc2n(C(C)C)c1=O. The predicted molar refractivity (Wildman–Crippen MR) is 237 cm³/mol. The molecule has 0 radical (unpaired) electrons. The van der Waals surface area contributed by atoms with Crippen molar-refractivity contribution in [1.82, 2.24) is 35.0 Å². The van der Waals surface area contributed by atoms with Gasteiger partial charge in [0.05, 0.1) is 28.5 Å². The van der Waals surface area contributed by atoms with Crippen LogP contribution >= 0.6 is 11.6 Å². The summed E-state index contributed by atoms with van der Waals surface area (Å²) in [5.41, 5.74) is 1.80. The average molecular weight is 883 g/mol. The van der Waals surface area contributed by atoms with Crippen LogP contribution in [-0.2, 0) is 9.59 Å². The van der Waals surface area contributed by atoms with Crippen LogP contribution in [0.25, 0.3) is 10.9 Å². The van der Waals surface area contributed by atoms with E-state index in [1.165, 1.54) is 13.1 Å². The number of anilines is 4. The van der Waals surface area contributed by atoms with Gasteiger partial charge in [-0.25, -0.2) is 9.37 Å². The smallest absolute Gasteiger partial charge is 0.293 e. The highest BCUT2D eigenvalue weighted by molar-refractivity contribution is 6.33. The summed E-state index contributed by atoms with van der Waals surface area (Å²) < 4.78 is 22.3. The fraction of sp³-hybridized carbons (Fsp3) is 0.489. The van der Waals surface area contributed by atoms with Gasteiger partial charge in [0, 0.05) is 75.4 Å². The number of pyridine rings is 1. The summed E-state index contributed by atoms with van der Waals surface area (Å²) >= 11 is 6.62. The molecule has 2 atom stereocenters. The van der Waals surface area contributed by atoms with Crippen molar-refractivity contribution in [2.75, 3.05) is 81.1 Å². The van der Waals surface area contributed by atoms with Crippen LogP contribution in [0.1, 0.15) is 79.1 Å². The molecule has 0 saturated carbocycles. The van der Waals surface area contributed by atoms with Gasteiger partial charge in [0.15, 0.2) is 18.2 Å². The zero-order valence-electron chi connectivity index (χ0n) is 35.7. The largest absolute Gasteiger partial charge is 0.478 e. The van der Waals surface area contributed by atoms with Crippen molar-refractivity contribution in [3.05, 3.63) is 74.9 Å². The number of aromatic nitrogens is 3. The second-order valence-electron chi connectivity index (χ2n) is 17.9. The van der Waals surface area contributed by atoms with E-state index >= 15 is 4.39 Å². The number of amides is 4. The van der Waals surface area contributed by atoms with Gasteiger partial charge in [0.25, 0.3) is 23.3 Å². The second kappa shape index (κ2) is 17.1. The van der Waals surface area contributed by atoms with E-state index in [4.69, 9.17) is 21.3 Å². The molecule has 4 aromatic rings. The first-order valence-corrected chi connectivity index (χ1v) is 22.2. The molecule has 0 bridgehead atoms. The molecule has 2 aromatic carbocycles. The first kappa shape index (κ1) is 42.5. The number of hydrogen-bond donors (Lipinski definition) is 3. The maximum Gasteiger partial charge on any atom is 0.293 e. The zero-order chi connectivity index (χ0) is 44.2. The number of benzene rings is 2. The van der Waals surface area contributed by atoms with E-state index in [2.05, 4.69) is 35.6 Å². The molecule has 3 N–H and O–H groups in total. The van der Waals surface area contributed by atoms with Crippen LogP contribution in [0.5, 0.6) is 5.75 Å². The van der Waals surface area contributed by atoms with Crippen molar-refractivity contribution in [1.29, 1.82) is 0 Å². The third-order valence-electron chi connectivity index (χ3n) is 13.4. The van der Waals surface area contributed by atoms with Crippen molar-refractivity contribution in [2.24, 2.45) is 11.3 Å². The lowest BCUT2D eigenvalue weighted by molar-refractivity contribution is -0.126. The fourth-order valence-corrected chi connectivity index (χ4v) is 10.3. The van der Waals surface area contributed by atoms with Crippen molar-refractivity contribution in [3.8, 4) is 5.75 Å². The number of nitrogens with zero attached hydrogens (tertiary/aromatic N) is 7. The van der Waals surface area contributed by atoms with E-state index in [0.717, 1.165) is 80.3 Å². The van der Waals surface area contributed by atoms with Crippen molar-refractivity contribution in [3.63, 3.8) is 0 Å². The monoisotopic (exact) mass is 882 g/mol. The second-order valence-corrected chi connectivity index (χ2v) is 18.3. The summed E-state index contributed by atoms with van der Waals surface area (Å²) in [7, 11) is 1.51. The van der Waals surface area contributed by atoms with E-state index in [-0.39, 0.29) is 52.3 Å². The van der Waals surface area contributed by atoms with E-state index < -0.39 is 23.7 Å². The van der Waals surface area contributed by atoms with Gasteiger partial charge < -0.3 is 40.0 Å². The Kier molecular flexibility index (Phi) is 11.5. The minimum absolute atomic E-state index is 0.00250. The Hall–Kier alpha value is -5.81. The van der Waals surface area contributed by atoms with Crippen LogP contribution in [0.15, 0.2) is 47.4 Å². The number of fused-ring (bicyclic) bond motifs is 2. The Bertz CT molecular complexity index is 2560. The molecule has 4 saturated heterocycles. The molecule has 7 heterocycles. The molecule has 4 amide bonds. The summed E-state index contributed by atoms with van der Waals surface area (Å²) in [6.45, 7) is 9.80. The lowest BCUT2D eigenvalue weighted by atomic mass is 9.86. The Morgan fingerprint density at radius 2 is 1.79 bits per heavy atom. The number of halogens is 2.